The molecule has 14 heteroatoms. The van der Waals surface area contributed by atoms with E-state index in [0.717, 1.165) is 5.56 Å². The van der Waals surface area contributed by atoms with Crippen molar-refractivity contribution in [2.45, 2.75) is 32.7 Å². The van der Waals surface area contributed by atoms with Gasteiger partial charge in [-0.2, -0.15) is 5.10 Å². The van der Waals surface area contributed by atoms with Crippen LogP contribution < -0.4 is 35.0 Å². The van der Waals surface area contributed by atoms with Crippen molar-refractivity contribution in [1.29, 1.82) is 0 Å². The van der Waals surface area contributed by atoms with Gasteiger partial charge in [0.2, 0.25) is 0 Å². The molecule has 46 heavy (non-hydrogen) atoms. The van der Waals surface area contributed by atoms with Crippen LogP contribution >= 0.6 is 27.5 Å². The fourth-order valence-electron chi connectivity index (χ4n) is 4.51. The average Bonchev–Trinajstić information content (AvgIpc) is 3.04. The lowest BCUT2D eigenvalue weighted by Gasteiger charge is -2.28. The highest BCUT2D eigenvalue weighted by Gasteiger charge is 2.32. The van der Waals surface area contributed by atoms with Crippen molar-refractivity contribution in [2.75, 3.05) is 27.4 Å². The number of nitrogens with zero attached hydrogens (tertiary/aromatic N) is 1. The van der Waals surface area contributed by atoms with E-state index in [9.17, 15) is 14.7 Å². The topological polar surface area (TPSA) is 149 Å². The van der Waals surface area contributed by atoms with Crippen LogP contribution in [0.5, 0.6) is 23.0 Å². The molecule has 0 aliphatic carbocycles. The van der Waals surface area contributed by atoms with Crippen molar-refractivity contribution in [2.24, 2.45) is 5.10 Å². The standard InChI is InChI=1S/C32H34BrClN4O8/c1-5-44-26-12-19(30-29(31(40)43-4)18(2)36-32(41)37-30)10-11-24(26)46-17-28(39)38-35-15-21-13-25(42-3)27(14-22(21)33)45-16-20-8-6-7-9-23(20)34/h6-15,28,30,38-39H,5,16-17H2,1-4H3,(H2,36,37,41)/b35-15-/t28-,30-/m0/s1. The number of aliphatic hydroxyl groups is 1. The monoisotopic (exact) mass is 716 g/mol. The Bertz CT molecular complexity index is 1630. The van der Waals surface area contributed by atoms with E-state index >= 15 is 0 Å². The number of amides is 2. The number of hydrogen-bond donors (Lipinski definition) is 4. The van der Waals surface area contributed by atoms with Crippen LogP contribution in [0.3, 0.4) is 0 Å². The molecule has 3 aromatic rings. The molecular formula is C32H34BrClN4O8. The minimum atomic E-state index is -1.18. The number of ether oxygens (including phenoxy) is 5. The molecule has 0 saturated heterocycles. The van der Waals surface area contributed by atoms with Gasteiger partial charge in [0.15, 0.2) is 29.2 Å². The van der Waals surface area contributed by atoms with Crippen LogP contribution in [0, 0.1) is 0 Å². The number of hydrazone groups is 1. The van der Waals surface area contributed by atoms with Crippen LogP contribution in [0.2, 0.25) is 5.02 Å². The van der Waals surface area contributed by atoms with Crippen LogP contribution in [0.4, 0.5) is 4.79 Å². The van der Waals surface area contributed by atoms with Gasteiger partial charge < -0.3 is 39.4 Å². The molecule has 0 aromatic heterocycles. The van der Waals surface area contributed by atoms with Crippen LogP contribution in [-0.4, -0.2) is 57.0 Å². The number of rotatable bonds is 14. The normalized spacial score (nSPS) is 15.1. The molecule has 0 unspecified atom stereocenters. The smallest absolute Gasteiger partial charge is 0.337 e. The molecule has 12 nitrogen and oxygen atoms in total. The van der Waals surface area contributed by atoms with Crippen molar-refractivity contribution >= 4 is 45.7 Å². The number of aliphatic hydroxyl groups excluding tert-OH is 1. The van der Waals surface area contributed by atoms with Crippen LogP contribution in [0.15, 0.2) is 75.4 Å². The summed E-state index contributed by atoms with van der Waals surface area (Å²) in [6, 6.07) is 14.7. The summed E-state index contributed by atoms with van der Waals surface area (Å²) in [6.45, 7) is 3.84. The van der Waals surface area contributed by atoms with E-state index in [2.05, 4.69) is 37.1 Å². The van der Waals surface area contributed by atoms with E-state index in [1.165, 1.54) is 20.4 Å². The second kappa shape index (κ2) is 16.2. The van der Waals surface area contributed by atoms with Crippen LogP contribution in [0.1, 0.15) is 36.6 Å². The van der Waals surface area contributed by atoms with Crippen molar-refractivity contribution in [3.63, 3.8) is 0 Å². The summed E-state index contributed by atoms with van der Waals surface area (Å²) in [5.74, 6) is 1.13. The predicted molar refractivity (Wildman–Crippen MR) is 175 cm³/mol. The Morgan fingerprint density at radius 1 is 1.09 bits per heavy atom. The molecule has 1 aliphatic rings. The molecule has 2 atom stereocenters. The molecule has 4 rings (SSSR count). The average molecular weight is 718 g/mol. The Hall–Kier alpha value is -4.46. The molecule has 1 heterocycles. The number of hydrogen-bond acceptors (Lipinski definition) is 10. The van der Waals surface area contributed by atoms with E-state index in [1.807, 2.05) is 25.1 Å². The summed E-state index contributed by atoms with van der Waals surface area (Å²) in [6.07, 6.45) is 0.333. The maximum Gasteiger partial charge on any atom is 0.337 e. The van der Waals surface area contributed by atoms with Gasteiger partial charge in [0.05, 0.1) is 38.7 Å². The first-order valence-corrected chi connectivity index (χ1v) is 15.3. The number of nitrogens with one attached hydrogen (secondary N) is 3. The van der Waals surface area contributed by atoms with Gasteiger partial charge in [-0.3, -0.25) is 5.43 Å². The largest absolute Gasteiger partial charge is 0.493 e. The second-order valence-corrected chi connectivity index (χ2v) is 11.1. The predicted octanol–water partition coefficient (Wildman–Crippen LogP) is 5.21. The van der Waals surface area contributed by atoms with E-state index < -0.39 is 24.3 Å². The molecule has 2 amide bonds. The highest BCUT2D eigenvalue weighted by Crippen LogP contribution is 2.36. The number of esters is 1. The second-order valence-electron chi connectivity index (χ2n) is 9.82. The Balaban J connectivity index is 1.39. The number of carbonyl (C=O) groups is 2. The summed E-state index contributed by atoms with van der Waals surface area (Å²) in [4.78, 5) is 24.6. The molecule has 0 fully saturated rings. The highest BCUT2D eigenvalue weighted by molar-refractivity contribution is 9.10. The van der Waals surface area contributed by atoms with Crippen molar-refractivity contribution in [3.8, 4) is 23.0 Å². The summed E-state index contributed by atoms with van der Waals surface area (Å²) in [5, 5.41) is 20.6. The first-order chi connectivity index (χ1) is 22.1. The summed E-state index contributed by atoms with van der Waals surface area (Å²) in [5.41, 5.74) is 5.35. The third-order valence-corrected chi connectivity index (χ3v) is 7.78. The Morgan fingerprint density at radius 3 is 2.57 bits per heavy atom. The molecule has 0 radical (unpaired) electrons. The number of methoxy groups -OCH3 is 2. The fraction of sp³-hybridized carbons (Fsp3) is 0.281. The van der Waals surface area contributed by atoms with Gasteiger partial charge in [0, 0.05) is 26.3 Å². The Kier molecular flexibility index (Phi) is 12.1. The third-order valence-electron chi connectivity index (χ3n) is 6.72. The molecule has 0 bridgehead atoms. The van der Waals surface area contributed by atoms with Gasteiger partial charge in [0.25, 0.3) is 0 Å². The lowest BCUT2D eigenvalue weighted by atomic mass is 9.95. The minimum absolute atomic E-state index is 0.174. The molecule has 0 spiro atoms. The Labute approximate surface area is 279 Å². The van der Waals surface area contributed by atoms with Crippen molar-refractivity contribution < 1.29 is 38.4 Å². The number of carbonyl (C=O) groups excluding carboxylic acids is 2. The summed E-state index contributed by atoms with van der Waals surface area (Å²) in [7, 11) is 2.81. The fourth-order valence-corrected chi connectivity index (χ4v) is 5.12. The lowest BCUT2D eigenvalue weighted by molar-refractivity contribution is -0.136. The van der Waals surface area contributed by atoms with Gasteiger partial charge in [-0.05, 0) is 65.7 Å². The molecule has 0 saturated carbocycles. The van der Waals surface area contributed by atoms with E-state index in [1.54, 1.807) is 43.3 Å². The number of allylic oxidation sites excluding steroid dienone is 1. The van der Waals surface area contributed by atoms with Crippen LogP contribution in [0.25, 0.3) is 0 Å². The van der Waals surface area contributed by atoms with Crippen molar-refractivity contribution in [1.82, 2.24) is 16.1 Å². The maximum absolute atomic E-state index is 12.5. The maximum atomic E-state index is 12.5. The third kappa shape index (κ3) is 8.62. The first kappa shape index (κ1) is 34.4. The van der Waals surface area contributed by atoms with Gasteiger partial charge >= 0.3 is 12.0 Å². The van der Waals surface area contributed by atoms with Gasteiger partial charge in [0.1, 0.15) is 13.2 Å². The number of benzene rings is 3. The minimum Gasteiger partial charge on any atom is -0.493 e. The highest BCUT2D eigenvalue weighted by atomic mass is 79.9. The zero-order chi connectivity index (χ0) is 33.2. The quantitative estimate of drug-likeness (QED) is 0.0764. The first-order valence-electron chi connectivity index (χ1n) is 14.1. The zero-order valence-corrected chi connectivity index (χ0v) is 27.9. The lowest BCUT2D eigenvalue weighted by Crippen LogP contribution is -2.45. The summed E-state index contributed by atoms with van der Waals surface area (Å²) >= 11 is 9.76. The molecule has 4 N–H and O–H groups in total. The molecule has 3 aromatic carbocycles. The van der Waals surface area contributed by atoms with Gasteiger partial charge in [-0.1, -0.05) is 35.9 Å². The van der Waals surface area contributed by atoms with Gasteiger partial charge in [-0.15, -0.1) is 0 Å². The molecule has 1 aliphatic heterocycles. The summed E-state index contributed by atoms with van der Waals surface area (Å²) < 4.78 is 28.6. The molecule has 244 valence electrons. The molecular weight excluding hydrogens is 684 g/mol. The van der Waals surface area contributed by atoms with E-state index in [0.29, 0.717) is 55.9 Å². The zero-order valence-electron chi connectivity index (χ0n) is 25.6. The SMILES string of the molecule is CCOc1cc([C@@H]2NC(=O)NC(C)=C2C(=O)OC)ccc1OC[C@H](O)N/N=C\c1cc(OC)c(OCc2ccccc2Cl)cc1Br. The van der Waals surface area contributed by atoms with Crippen molar-refractivity contribution in [3.05, 3.63) is 92.1 Å². The van der Waals surface area contributed by atoms with Crippen LogP contribution in [-0.2, 0) is 16.1 Å². The number of halogens is 2. The van der Waals surface area contributed by atoms with E-state index in [-0.39, 0.29) is 18.8 Å². The number of urea groups is 1. The van der Waals surface area contributed by atoms with E-state index in [4.69, 9.17) is 35.3 Å². The van der Waals surface area contributed by atoms with Gasteiger partial charge in [-0.25, -0.2) is 9.59 Å². The Morgan fingerprint density at radius 2 is 1.85 bits per heavy atom.